The molecule has 8 heteroatoms. The number of aromatic nitrogens is 2. The topological polar surface area (TPSA) is 85.2 Å². The number of ether oxygens (including phenoxy) is 1. The average Bonchev–Trinajstić information content (AvgIpc) is 3.11. The van der Waals surface area contributed by atoms with Gasteiger partial charge in [0, 0.05) is 18.9 Å². The predicted molar refractivity (Wildman–Crippen MR) is 89.5 cm³/mol. The Bertz CT molecular complexity index is 731. The summed E-state index contributed by atoms with van der Waals surface area (Å²) >= 11 is 0. The highest BCUT2D eigenvalue weighted by Crippen LogP contribution is 2.15. The van der Waals surface area contributed by atoms with Crippen LogP contribution in [0.15, 0.2) is 36.9 Å². The lowest BCUT2D eigenvalue weighted by Gasteiger charge is -2.21. The second-order valence-corrected chi connectivity index (χ2v) is 5.83. The molecule has 1 atom stereocenters. The minimum atomic E-state index is -0.734. The third-order valence-corrected chi connectivity index (χ3v) is 3.67. The van der Waals surface area contributed by atoms with E-state index in [4.69, 9.17) is 0 Å². The van der Waals surface area contributed by atoms with Gasteiger partial charge in [0.2, 0.25) is 5.91 Å². The van der Waals surface area contributed by atoms with E-state index in [0.29, 0.717) is 11.3 Å². The van der Waals surface area contributed by atoms with Gasteiger partial charge in [-0.15, -0.1) is 0 Å². The van der Waals surface area contributed by atoms with Crippen molar-refractivity contribution < 1.29 is 18.7 Å². The van der Waals surface area contributed by atoms with E-state index in [-0.39, 0.29) is 18.4 Å². The van der Waals surface area contributed by atoms with Crippen molar-refractivity contribution in [3.05, 3.63) is 48.3 Å². The molecule has 0 bridgehead atoms. The molecule has 7 nitrogen and oxygen atoms in total. The zero-order valence-electron chi connectivity index (χ0n) is 14.3. The fraction of sp³-hybridized carbons (Fsp3) is 0.353. The molecule has 25 heavy (non-hydrogen) atoms. The van der Waals surface area contributed by atoms with Crippen LogP contribution in [0.25, 0.3) is 5.69 Å². The van der Waals surface area contributed by atoms with Crippen molar-refractivity contribution in [3.8, 4) is 5.69 Å². The first-order valence-electron chi connectivity index (χ1n) is 7.81. The van der Waals surface area contributed by atoms with Crippen molar-refractivity contribution in [2.24, 2.45) is 5.92 Å². The lowest BCUT2D eigenvalue weighted by atomic mass is 10.0. The van der Waals surface area contributed by atoms with Crippen LogP contribution in [-0.4, -0.2) is 34.7 Å². The van der Waals surface area contributed by atoms with Crippen molar-refractivity contribution >= 4 is 12.0 Å². The molecule has 0 fully saturated rings. The van der Waals surface area contributed by atoms with Crippen LogP contribution in [0.1, 0.15) is 19.4 Å². The number of hydrogen-bond donors (Lipinski definition) is 2. The molecule has 0 radical (unpaired) electrons. The van der Waals surface area contributed by atoms with E-state index in [1.165, 1.54) is 19.5 Å². The standard InChI is InChI=1S/C17H21FN4O3/c1-11(2)15(21-17(24)25-3)16(23)20-9-12-4-5-14(13(18)8-12)22-7-6-19-10-22/h4-8,10-11,15H,9H2,1-3H3,(H,20,23)(H,21,24)/t15-/m1/s1. The molecular weight excluding hydrogens is 327 g/mol. The minimum absolute atomic E-state index is 0.126. The number of alkyl carbamates (subject to hydrolysis) is 1. The second-order valence-electron chi connectivity index (χ2n) is 5.83. The summed E-state index contributed by atoms with van der Waals surface area (Å²) in [5.74, 6) is -0.906. The summed E-state index contributed by atoms with van der Waals surface area (Å²) in [5.41, 5.74) is 0.982. The van der Waals surface area contributed by atoms with Gasteiger partial charge in [-0.1, -0.05) is 19.9 Å². The highest BCUT2D eigenvalue weighted by molar-refractivity contribution is 5.85. The summed E-state index contributed by atoms with van der Waals surface area (Å²) in [6, 6.07) is 3.96. The Morgan fingerprint density at radius 2 is 2.12 bits per heavy atom. The van der Waals surface area contributed by atoms with Crippen LogP contribution in [0.5, 0.6) is 0 Å². The fourth-order valence-electron chi connectivity index (χ4n) is 2.29. The van der Waals surface area contributed by atoms with Gasteiger partial charge >= 0.3 is 6.09 Å². The van der Waals surface area contributed by atoms with E-state index >= 15 is 0 Å². The van der Waals surface area contributed by atoms with Crippen LogP contribution in [0.3, 0.4) is 0 Å². The van der Waals surface area contributed by atoms with Crippen LogP contribution < -0.4 is 10.6 Å². The Morgan fingerprint density at radius 3 is 2.68 bits per heavy atom. The number of rotatable bonds is 6. The SMILES string of the molecule is COC(=O)N[C@@H](C(=O)NCc1ccc(-n2ccnc2)c(F)c1)C(C)C. The Hall–Kier alpha value is -2.90. The maximum Gasteiger partial charge on any atom is 0.407 e. The van der Waals surface area contributed by atoms with Crippen LogP contribution in [0, 0.1) is 11.7 Å². The predicted octanol–water partition coefficient (Wildman–Crippen LogP) is 2.01. The maximum atomic E-state index is 14.2. The normalized spacial score (nSPS) is 11.9. The van der Waals surface area contributed by atoms with Gasteiger partial charge in [-0.05, 0) is 23.6 Å². The molecule has 1 heterocycles. The van der Waals surface area contributed by atoms with Crippen LogP contribution in [0.4, 0.5) is 9.18 Å². The van der Waals surface area contributed by atoms with E-state index in [9.17, 15) is 14.0 Å². The number of nitrogens with zero attached hydrogens (tertiary/aromatic N) is 2. The summed E-state index contributed by atoms with van der Waals surface area (Å²) in [6.07, 6.45) is 4.04. The van der Waals surface area contributed by atoms with Crippen molar-refractivity contribution in [2.75, 3.05) is 7.11 Å². The summed E-state index contributed by atoms with van der Waals surface area (Å²) in [4.78, 5) is 27.5. The van der Waals surface area contributed by atoms with Gasteiger partial charge in [0.25, 0.3) is 0 Å². The Balaban J connectivity index is 2.01. The average molecular weight is 348 g/mol. The number of halogens is 1. The zero-order valence-corrected chi connectivity index (χ0v) is 14.3. The Kier molecular flexibility index (Phi) is 6.10. The molecule has 2 N–H and O–H groups in total. The van der Waals surface area contributed by atoms with Crippen molar-refractivity contribution in [3.63, 3.8) is 0 Å². The van der Waals surface area contributed by atoms with Gasteiger partial charge in [-0.3, -0.25) is 4.79 Å². The number of nitrogens with one attached hydrogen (secondary N) is 2. The van der Waals surface area contributed by atoms with E-state index in [1.807, 2.05) is 0 Å². The van der Waals surface area contributed by atoms with Crippen LogP contribution >= 0.6 is 0 Å². The van der Waals surface area contributed by atoms with Gasteiger partial charge in [0.05, 0.1) is 19.1 Å². The van der Waals surface area contributed by atoms with Crippen LogP contribution in [0.2, 0.25) is 0 Å². The number of imidazole rings is 1. The number of amides is 2. The van der Waals surface area contributed by atoms with Crippen molar-refractivity contribution in [2.45, 2.75) is 26.4 Å². The first-order chi connectivity index (χ1) is 11.9. The zero-order chi connectivity index (χ0) is 18.4. The van der Waals surface area contributed by atoms with Crippen LogP contribution in [-0.2, 0) is 16.1 Å². The first kappa shape index (κ1) is 18.4. The Labute approximate surface area is 145 Å². The second kappa shape index (κ2) is 8.27. The molecule has 0 saturated heterocycles. The lowest BCUT2D eigenvalue weighted by molar-refractivity contribution is -0.124. The van der Waals surface area contributed by atoms with Gasteiger partial charge in [-0.2, -0.15) is 0 Å². The quantitative estimate of drug-likeness (QED) is 0.836. The minimum Gasteiger partial charge on any atom is -0.453 e. The molecule has 134 valence electrons. The molecule has 2 amide bonds. The molecule has 1 aromatic carbocycles. The molecule has 0 aliphatic carbocycles. The summed E-state index contributed by atoms with van der Waals surface area (Å²) in [7, 11) is 1.23. The molecule has 0 saturated carbocycles. The van der Waals surface area contributed by atoms with Gasteiger partial charge in [0.1, 0.15) is 11.9 Å². The van der Waals surface area contributed by atoms with Crippen molar-refractivity contribution in [1.29, 1.82) is 0 Å². The maximum absolute atomic E-state index is 14.2. The number of carbonyl (C=O) groups excluding carboxylic acids is 2. The number of methoxy groups -OCH3 is 1. The van der Waals surface area contributed by atoms with Crippen molar-refractivity contribution in [1.82, 2.24) is 20.2 Å². The third-order valence-electron chi connectivity index (χ3n) is 3.67. The third kappa shape index (κ3) is 4.79. The summed E-state index contributed by atoms with van der Waals surface area (Å²) in [5, 5.41) is 5.18. The number of hydrogen-bond acceptors (Lipinski definition) is 4. The van der Waals surface area contributed by atoms with E-state index in [1.54, 1.807) is 42.9 Å². The number of benzene rings is 1. The largest absolute Gasteiger partial charge is 0.453 e. The van der Waals surface area contributed by atoms with Gasteiger partial charge in [0.15, 0.2) is 0 Å². The summed E-state index contributed by atoms with van der Waals surface area (Å²) in [6.45, 7) is 3.76. The molecular formula is C17H21FN4O3. The smallest absolute Gasteiger partial charge is 0.407 e. The molecule has 0 aliphatic heterocycles. The molecule has 0 unspecified atom stereocenters. The lowest BCUT2D eigenvalue weighted by Crippen LogP contribution is -2.49. The van der Waals surface area contributed by atoms with E-state index < -0.39 is 18.0 Å². The molecule has 0 aliphatic rings. The fourth-order valence-corrected chi connectivity index (χ4v) is 2.29. The molecule has 2 rings (SSSR count). The highest BCUT2D eigenvalue weighted by atomic mass is 19.1. The monoisotopic (exact) mass is 348 g/mol. The van der Waals surface area contributed by atoms with E-state index in [2.05, 4.69) is 20.4 Å². The molecule has 0 spiro atoms. The molecule has 1 aromatic heterocycles. The van der Waals surface area contributed by atoms with Gasteiger partial charge < -0.3 is 19.9 Å². The van der Waals surface area contributed by atoms with Gasteiger partial charge in [-0.25, -0.2) is 14.2 Å². The van der Waals surface area contributed by atoms with E-state index in [0.717, 1.165) is 0 Å². The molecule has 2 aromatic rings. The first-order valence-corrected chi connectivity index (χ1v) is 7.81. The highest BCUT2D eigenvalue weighted by Gasteiger charge is 2.24. The number of carbonyl (C=O) groups is 2. The summed E-state index contributed by atoms with van der Waals surface area (Å²) < 4.78 is 20.3. The Morgan fingerprint density at radius 1 is 1.36 bits per heavy atom.